The largest absolute Gasteiger partial charge is 0.304 e. The molecule has 1 N–H and O–H groups in total. The summed E-state index contributed by atoms with van der Waals surface area (Å²) in [5.41, 5.74) is 1.98. The van der Waals surface area contributed by atoms with Crippen molar-refractivity contribution in [3.63, 3.8) is 0 Å². The van der Waals surface area contributed by atoms with Crippen molar-refractivity contribution >= 4 is 21.7 Å². The van der Waals surface area contributed by atoms with Gasteiger partial charge in [0.05, 0.1) is 18.2 Å². The molecular weight excluding hydrogens is 280 g/mol. The topological polar surface area (TPSA) is 42.0 Å². The van der Waals surface area contributed by atoms with Crippen LogP contribution in [0.4, 0.5) is 0 Å². The standard InChI is InChI=1S/C13H15BrN2O/c1-7-2-3-13(14)16-9(7)6-12(17)11-5-8-4-10(8)15-11/h2-3,8,10-11,15H,4-6H2,1H3/t8-,10-,11-/m0/s1. The number of ketones is 1. The Labute approximate surface area is 109 Å². The number of fused-ring (bicyclic) bond motifs is 1. The summed E-state index contributed by atoms with van der Waals surface area (Å²) in [4.78, 5) is 16.5. The molecule has 0 unspecified atom stereocenters. The lowest BCUT2D eigenvalue weighted by atomic mass is 10.0. The third-order valence-electron chi connectivity index (χ3n) is 3.77. The maximum absolute atomic E-state index is 12.1. The van der Waals surface area contributed by atoms with Gasteiger partial charge in [0, 0.05) is 6.04 Å². The lowest BCUT2D eigenvalue weighted by Gasteiger charge is -2.12. The summed E-state index contributed by atoms with van der Waals surface area (Å²) in [7, 11) is 0. The number of aromatic nitrogens is 1. The lowest BCUT2D eigenvalue weighted by Crippen LogP contribution is -2.35. The van der Waals surface area contributed by atoms with Crippen LogP contribution in [0.1, 0.15) is 24.1 Å². The number of hydrogen-bond acceptors (Lipinski definition) is 3. The molecule has 1 aliphatic heterocycles. The number of piperidine rings is 1. The van der Waals surface area contributed by atoms with Crippen LogP contribution in [0, 0.1) is 12.8 Å². The normalized spacial score (nSPS) is 30.1. The summed E-state index contributed by atoms with van der Waals surface area (Å²) in [6, 6.07) is 4.60. The monoisotopic (exact) mass is 294 g/mol. The van der Waals surface area contributed by atoms with Gasteiger partial charge in [-0.15, -0.1) is 0 Å². The molecule has 2 heterocycles. The number of aryl methyl sites for hydroxylation is 1. The molecule has 90 valence electrons. The molecule has 1 saturated carbocycles. The second-order valence-electron chi connectivity index (χ2n) is 5.10. The minimum atomic E-state index is 0.0685. The third kappa shape index (κ3) is 2.29. The Morgan fingerprint density at radius 3 is 3.06 bits per heavy atom. The molecule has 1 saturated heterocycles. The van der Waals surface area contributed by atoms with E-state index in [0.29, 0.717) is 12.5 Å². The fourth-order valence-corrected chi connectivity index (χ4v) is 2.92. The molecule has 0 radical (unpaired) electrons. The van der Waals surface area contributed by atoms with Crippen molar-refractivity contribution < 1.29 is 4.79 Å². The van der Waals surface area contributed by atoms with Crippen molar-refractivity contribution in [1.29, 1.82) is 0 Å². The predicted octanol–water partition coefficient (Wildman–Crippen LogP) is 2.01. The van der Waals surface area contributed by atoms with Gasteiger partial charge in [-0.3, -0.25) is 4.79 Å². The molecule has 0 amide bonds. The van der Waals surface area contributed by atoms with Crippen molar-refractivity contribution in [2.24, 2.45) is 5.92 Å². The van der Waals surface area contributed by atoms with Gasteiger partial charge in [-0.1, -0.05) is 6.07 Å². The van der Waals surface area contributed by atoms with Gasteiger partial charge < -0.3 is 5.32 Å². The van der Waals surface area contributed by atoms with Gasteiger partial charge in [0.25, 0.3) is 0 Å². The second kappa shape index (κ2) is 4.18. The number of pyridine rings is 1. The summed E-state index contributed by atoms with van der Waals surface area (Å²) in [6.07, 6.45) is 2.73. The van der Waals surface area contributed by atoms with Crippen LogP contribution in [0.5, 0.6) is 0 Å². The zero-order valence-corrected chi connectivity index (χ0v) is 11.3. The van der Waals surface area contributed by atoms with Crippen molar-refractivity contribution in [3.05, 3.63) is 28.0 Å². The van der Waals surface area contributed by atoms with E-state index in [9.17, 15) is 4.79 Å². The number of halogens is 1. The molecular formula is C13H15BrN2O. The van der Waals surface area contributed by atoms with Gasteiger partial charge in [0.2, 0.25) is 0 Å². The highest BCUT2D eigenvalue weighted by molar-refractivity contribution is 9.10. The molecule has 1 aliphatic carbocycles. The number of carbonyl (C=O) groups is 1. The highest BCUT2D eigenvalue weighted by Crippen LogP contribution is 2.41. The zero-order chi connectivity index (χ0) is 12.0. The fourth-order valence-electron chi connectivity index (χ4n) is 2.58. The maximum Gasteiger partial charge on any atom is 0.155 e. The second-order valence-corrected chi connectivity index (χ2v) is 5.91. The van der Waals surface area contributed by atoms with E-state index < -0.39 is 0 Å². The number of rotatable bonds is 3. The molecule has 3 rings (SSSR count). The van der Waals surface area contributed by atoms with Gasteiger partial charge in [0.1, 0.15) is 4.60 Å². The first kappa shape index (κ1) is 11.4. The molecule has 17 heavy (non-hydrogen) atoms. The highest BCUT2D eigenvalue weighted by atomic mass is 79.9. The van der Waals surface area contributed by atoms with Crippen molar-refractivity contribution in [3.8, 4) is 0 Å². The van der Waals surface area contributed by atoms with E-state index in [2.05, 4.69) is 26.2 Å². The van der Waals surface area contributed by atoms with Crippen molar-refractivity contribution in [2.75, 3.05) is 0 Å². The average Bonchev–Trinajstić information content (AvgIpc) is 2.91. The lowest BCUT2D eigenvalue weighted by molar-refractivity contribution is -0.120. The van der Waals surface area contributed by atoms with Crippen LogP contribution in [0.2, 0.25) is 0 Å². The van der Waals surface area contributed by atoms with E-state index in [4.69, 9.17) is 0 Å². The highest BCUT2D eigenvalue weighted by Gasteiger charge is 2.47. The van der Waals surface area contributed by atoms with Crippen LogP contribution < -0.4 is 5.32 Å². The Hall–Kier alpha value is -0.740. The van der Waals surface area contributed by atoms with Gasteiger partial charge in [-0.25, -0.2) is 4.98 Å². The Morgan fingerprint density at radius 2 is 2.35 bits per heavy atom. The van der Waals surface area contributed by atoms with Crippen LogP contribution >= 0.6 is 15.9 Å². The number of carbonyl (C=O) groups excluding carboxylic acids is 1. The fraction of sp³-hybridized carbons (Fsp3) is 0.538. The SMILES string of the molecule is Cc1ccc(Br)nc1CC(=O)[C@@H]1C[C@@H]2C[C@@H]2N1. The Kier molecular flexibility index (Phi) is 2.79. The maximum atomic E-state index is 12.1. The molecule has 1 aromatic heterocycles. The molecule has 2 aliphatic rings. The molecule has 0 spiro atoms. The zero-order valence-electron chi connectivity index (χ0n) is 9.74. The number of nitrogens with zero attached hydrogens (tertiary/aromatic N) is 1. The van der Waals surface area contributed by atoms with E-state index in [1.165, 1.54) is 6.42 Å². The van der Waals surface area contributed by atoms with Crippen LogP contribution in [-0.2, 0) is 11.2 Å². The molecule has 4 heteroatoms. The first-order valence-corrected chi connectivity index (χ1v) is 6.83. The summed E-state index contributed by atoms with van der Waals surface area (Å²) >= 11 is 3.35. The molecule has 3 nitrogen and oxygen atoms in total. The number of nitrogens with one attached hydrogen (secondary N) is 1. The Balaban J connectivity index is 1.69. The quantitative estimate of drug-likeness (QED) is 0.867. The van der Waals surface area contributed by atoms with Crippen LogP contribution in [0.3, 0.4) is 0 Å². The number of Topliss-reactive ketones (excluding diaryl/α,β-unsaturated/α-hetero) is 1. The predicted molar refractivity (Wildman–Crippen MR) is 68.8 cm³/mol. The van der Waals surface area contributed by atoms with E-state index in [1.807, 2.05) is 19.1 Å². The minimum absolute atomic E-state index is 0.0685. The Bertz CT molecular complexity index is 464. The summed E-state index contributed by atoms with van der Waals surface area (Å²) < 4.78 is 0.799. The van der Waals surface area contributed by atoms with Crippen LogP contribution in [-0.4, -0.2) is 22.9 Å². The van der Waals surface area contributed by atoms with Crippen molar-refractivity contribution in [1.82, 2.24) is 10.3 Å². The summed E-state index contributed by atoms with van der Waals surface area (Å²) in [5.74, 6) is 1.05. The summed E-state index contributed by atoms with van der Waals surface area (Å²) in [5, 5.41) is 3.39. The van der Waals surface area contributed by atoms with Gasteiger partial charge in [-0.05, 0) is 53.2 Å². The minimum Gasteiger partial charge on any atom is -0.304 e. The molecule has 2 fully saturated rings. The molecule has 0 aromatic carbocycles. The van der Waals surface area contributed by atoms with E-state index in [0.717, 1.165) is 28.2 Å². The van der Waals surface area contributed by atoms with E-state index in [1.54, 1.807) is 0 Å². The van der Waals surface area contributed by atoms with Gasteiger partial charge in [0.15, 0.2) is 5.78 Å². The first-order valence-electron chi connectivity index (χ1n) is 6.04. The average molecular weight is 295 g/mol. The van der Waals surface area contributed by atoms with Crippen molar-refractivity contribution in [2.45, 2.75) is 38.3 Å². The molecule has 0 bridgehead atoms. The Morgan fingerprint density at radius 1 is 1.53 bits per heavy atom. The van der Waals surface area contributed by atoms with Crippen LogP contribution in [0.15, 0.2) is 16.7 Å². The van der Waals surface area contributed by atoms with E-state index >= 15 is 0 Å². The van der Waals surface area contributed by atoms with Gasteiger partial charge >= 0.3 is 0 Å². The van der Waals surface area contributed by atoms with Gasteiger partial charge in [-0.2, -0.15) is 0 Å². The number of hydrogen-bond donors (Lipinski definition) is 1. The third-order valence-corrected chi connectivity index (χ3v) is 4.22. The smallest absolute Gasteiger partial charge is 0.155 e. The molecule has 3 atom stereocenters. The van der Waals surface area contributed by atoms with E-state index in [-0.39, 0.29) is 11.8 Å². The molecule has 1 aromatic rings. The summed E-state index contributed by atoms with van der Waals surface area (Å²) in [6.45, 7) is 2.00. The first-order chi connectivity index (χ1) is 8.13. The van der Waals surface area contributed by atoms with Crippen LogP contribution in [0.25, 0.3) is 0 Å².